The minimum Gasteiger partial charge on any atom is -0.504 e. The van der Waals surface area contributed by atoms with Crippen LogP contribution in [0.5, 0.6) is 17.2 Å². The Kier molecular flexibility index (Phi) is 4.75. The second kappa shape index (κ2) is 7.36. The van der Waals surface area contributed by atoms with Crippen LogP contribution in [0.15, 0.2) is 65.0 Å². The molecule has 6 nitrogen and oxygen atoms in total. The summed E-state index contributed by atoms with van der Waals surface area (Å²) in [6, 6.07) is 18.1. The number of rotatable bonds is 3. The molecular formula is C21H17NO5S. The number of hydrogen-bond donors (Lipinski definition) is 2. The topological polar surface area (TPSA) is 96.2 Å². The molecule has 3 aromatic carbocycles. The molecule has 0 radical (unpaired) electrons. The summed E-state index contributed by atoms with van der Waals surface area (Å²) < 4.78 is 32.1. The molecule has 1 atom stereocenters. The minimum absolute atomic E-state index is 0.136. The van der Waals surface area contributed by atoms with Gasteiger partial charge in [-0.1, -0.05) is 42.5 Å². The third-order valence-corrected chi connectivity index (χ3v) is 5.16. The number of phenolic OH excluding ortho intramolecular Hbond substituents is 2. The third kappa shape index (κ3) is 3.57. The Bertz CT molecular complexity index is 1160. The largest absolute Gasteiger partial charge is 0.504 e. The van der Waals surface area contributed by atoms with Crippen LogP contribution in [0.25, 0.3) is 11.1 Å². The van der Waals surface area contributed by atoms with E-state index >= 15 is 0 Å². The molecule has 0 aromatic heterocycles. The Balaban J connectivity index is 1.75. The van der Waals surface area contributed by atoms with Crippen molar-refractivity contribution in [2.24, 2.45) is 4.36 Å². The quantitative estimate of drug-likeness (QED) is 0.649. The van der Waals surface area contributed by atoms with E-state index < -0.39 is 10.5 Å². The van der Waals surface area contributed by atoms with Gasteiger partial charge in [0.2, 0.25) is 0 Å². The van der Waals surface area contributed by atoms with Crippen LogP contribution in [0.2, 0.25) is 0 Å². The van der Waals surface area contributed by atoms with Crippen molar-refractivity contribution < 1.29 is 23.4 Å². The highest BCUT2D eigenvalue weighted by molar-refractivity contribution is 7.61. The Morgan fingerprint density at radius 1 is 0.929 bits per heavy atom. The van der Waals surface area contributed by atoms with Gasteiger partial charge in [0, 0.05) is 12.0 Å². The van der Waals surface area contributed by atoms with E-state index in [2.05, 4.69) is 4.36 Å². The number of fused-ring (bicyclic) bond motifs is 1. The Morgan fingerprint density at radius 3 is 2.43 bits per heavy atom. The zero-order valence-electron chi connectivity index (χ0n) is 14.7. The lowest BCUT2D eigenvalue weighted by molar-refractivity contribution is 0.260. The molecule has 0 amide bonds. The van der Waals surface area contributed by atoms with E-state index in [4.69, 9.17) is 4.74 Å². The highest BCUT2D eigenvalue weighted by Gasteiger charge is 2.25. The van der Waals surface area contributed by atoms with Crippen molar-refractivity contribution >= 4 is 16.2 Å². The SMILES string of the molecule is O=S(=O)=Nc1cc(-c2ccccc2)ccc1C1COc2cc(O)c(O)cc2C1. The Labute approximate surface area is 163 Å². The lowest BCUT2D eigenvalue weighted by atomic mass is 9.88. The Hall–Kier alpha value is -3.32. The first-order valence-electron chi connectivity index (χ1n) is 8.69. The van der Waals surface area contributed by atoms with E-state index in [-0.39, 0.29) is 17.4 Å². The summed E-state index contributed by atoms with van der Waals surface area (Å²) >= 11 is 0. The maximum atomic E-state index is 11.3. The summed E-state index contributed by atoms with van der Waals surface area (Å²) in [6.45, 7) is 0.315. The summed E-state index contributed by atoms with van der Waals surface area (Å²) in [5.74, 6) is -0.0724. The molecule has 0 aliphatic carbocycles. The predicted octanol–water partition coefficient (Wildman–Crippen LogP) is 4.18. The van der Waals surface area contributed by atoms with Crippen LogP contribution < -0.4 is 4.74 Å². The molecule has 1 aliphatic heterocycles. The van der Waals surface area contributed by atoms with Crippen LogP contribution in [-0.2, 0) is 16.9 Å². The standard InChI is InChI=1S/C21H17NO5S/c23-19-10-15-8-16(12-27-21(15)11-20(19)24)17-7-6-14(9-18(17)22-28(25)26)13-4-2-1-3-5-13/h1-7,9-11,16,23-24H,8,12H2. The molecule has 0 fully saturated rings. The van der Waals surface area contributed by atoms with Crippen LogP contribution in [0.4, 0.5) is 5.69 Å². The normalized spacial score (nSPS) is 15.4. The smallest absolute Gasteiger partial charge is 0.316 e. The van der Waals surface area contributed by atoms with Gasteiger partial charge in [0.15, 0.2) is 11.5 Å². The molecule has 1 aliphatic rings. The Morgan fingerprint density at radius 2 is 1.68 bits per heavy atom. The van der Waals surface area contributed by atoms with Gasteiger partial charge in [0.1, 0.15) is 5.75 Å². The molecule has 4 rings (SSSR count). The van der Waals surface area contributed by atoms with Gasteiger partial charge in [-0.2, -0.15) is 8.42 Å². The zero-order chi connectivity index (χ0) is 19.7. The van der Waals surface area contributed by atoms with E-state index in [0.29, 0.717) is 24.5 Å². The summed E-state index contributed by atoms with van der Waals surface area (Å²) in [5.41, 5.74) is 3.70. The maximum absolute atomic E-state index is 11.3. The number of phenols is 2. The van der Waals surface area contributed by atoms with Gasteiger partial charge in [-0.3, -0.25) is 0 Å². The second-order valence-electron chi connectivity index (χ2n) is 6.61. The van der Waals surface area contributed by atoms with Crippen LogP contribution in [-0.4, -0.2) is 25.2 Å². The molecular weight excluding hydrogens is 378 g/mol. The van der Waals surface area contributed by atoms with Gasteiger partial charge in [-0.05, 0) is 40.8 Å². The van der Waals surface area contributed by atoms with E-state index in [1.165, 1.54) is 12.1 Å². The number of ether oxygens (including phenoxy) is 1. The lowest BCUT2D eigenvalue weighted by Crippen LogP contribution is -2.19. The second-order valence-corrected chi connectivity index (χ2v) is 7.23. The van der Waals surface area contributed by atoms with Crippen molar-refractivity contribution in [1.29, 1.82) is 0 Å². The fraction of sp³-hybridized carbons (Fsp3) is 0.143. The monoisotopic (exact) mass is 395 g/mol. The number of hydrogen-bond acceptors (Lipinski definition) is 6. The zero-order valence-corrected chi connectivity index (χ0v) is 15.6. The third-order valence-electron chi connectivity index (χ3n) is 4.81. The van der Waals surface area contributed by atoms with Gasteiger partial charge >= 0.3 is 10.5 Å². The average molecular weight is 395 g/mol. The van der Waals surface area contributed by atoms with Crippen molar-refractivity contribution in [3.05, 3.63) is 71.8 Å². The molecule has 7 heteroatoms. The number of aromatic hydroxyl groups is 2. The van der Waals surface area contributed by atoms with Gasteiger partial charge in [-0.15, -0.1) is 4.36 Å². The van der Waals surface area contributed by atoms with Gasteiger partial charge in [0.25, 0.3) is 0 Å². The van der Waals surface area contributed by atoms with Crippen molar-refractivity contribution in [3.8, 4) is 28.4 Å². The van der Waals surface area contributed by atoms with Crippen LogP contribution in [0.3, 0.4) is 0 Å². The molecule has 3 aromatic rings. The summed E-state index contributed by atoms with van der Waals surface area (Å²) in [4.78, 5) is 0. The van der Waals surface area contributed by atoms with Crippen LogP contribution in [0, 0.1) is 0 Å². The first-order valence-corrected chi connectivity index (χ1v) is 9.72. The van der Waals surface area contributed by atoms with Crippen molar-refractivity contribution in [2.75, 3.05) is 6.61 Å². The summed E-state index contributed by atoms with van der Waals surface area (Å²) in [5, 5.41) is 19.4. The summed E-state index contributed by atoms with van der Waals surface area (Å²) in [6.07, 6.45) is 0.530. The molecule has 142 valence electrons. The van der Waals surface area contributed by atoms with Gasteiger partial charge in [-0.25, -0.2) is 0 Å². The number of benzene rings is 3. The first kappa shape index (κ1) is 18.1. The molecule has 1 unspecified atom stereocenters. The molecule has 0 bridgehead atoms. The van der Waals surface area contributed by atoms with Crippen LogP contribution in [0.1, 0.15) is 17.0 Å². The molecule has 0 saturated heterocycles. The van der Waals surface area contributed by atoms with Crippen LogP contribution >= 0.6 is 0 Å². The molecule has 1 heterocycles. The average Bonchev–Trinajstić information content (AvgIpc) is 2.69. The molecule has 28 heavy (non-hydrogen) atoms. The van der Waals surface area contributed by atoms with E-state index in [1.54, 1.807) is 6.07 Å². The highest BCUT2D eigenvalue weighted by atomic mass is 32.2. The highest BCUT2D eigenvalue weighted by Crippen LogP contribution is 2.41. The molecule has 2 N–H and O–H groups in total. The van der Waals surface area contributed by atoms with Gasteiger partial charge in [0.05, 0.1) is 12.3 Å². The van der Waals surface area contributed by atoms with E-state index in [0.717, 1.165) is 22.3 Å². The predicted molar refractivity (Wildman–Crippen MR) is 105 cm³/mol. The van der Waals surface area contributed by atoms with Gasteiger partial charge < -0.3 is 14.9 Å². The van der Waals surface area contributed by atoms with Crippen molar-refractivity contribution in [3.63, 3.8) is 0 Å². The van der Waals surface area contributed by atoms with Crippen molar-refractivity contribution in [1.82, 2.24) is 0 Å². The first-order chi connectivity index (χ1) is 13.5. The van der Waals surface area contributed by atoms with Crippen molar-refractivity contribution in [2.45, 2.75) is 12.3 Å². The minimum atomic E-state index is -2.59. The maximum Gasteiger partial charge on any atom is 0.316 e. The van der Waals surface area contributed by atoms with E-state index in [9.17, 15) is 18.6 Å². The van der Waals surface area contributed by atoms with E-state index in [1.807, 2.05) is 42.5 Å². The fourth-order valence-corrected chi connectivity index (χ4v) is 3.79. The lowest BCUT2D eigenvalue weighted by Gasteiger charge is -2.26. The molecule has 0 spiro atoms. The summed E-state index contributed by atoms with van der Waals surface area (Å²) in [7, 11) is -2.59. The number of nitrogens with zero attached hydrogens (tertiary/aromatic N) is 1. The molecule has 0 saturated carbocycles. The fourth-order valence-electron chi connectivity index (χ4n) is 3.47.